The highest BCUT2D eigenvalue weighted by molar-refractivity contribution is 6.11. The van der Waals surface area contributed by atoms with Crippen LogP contribution in [-0.2, 0) is 13.0 Å². The SMILES string of the molecule is CCc1ccc(N2Cc3ccccc3C2=O)c([N+](=O)[O-])c1. The largest absolute Gasteiger partial charge is 0.298 e. The van der Waals surface area contributed by atoms with Gasteiger partial charge in [-0.25, -0.2) is 0 Å². The molecule has 2 aromatic carbocycles. The number of carbonyl (C=O) groups is 1. The molecule has 0 aromatic heterocycles. The van der Waals surface area contributed by atoms with Crippen molar-refractivity contribution in [3.63, 3.8) is 0 Å². The molecule has 0 bridgehead atoms. The van der Waals surface area contributed by atoms with Crippen molar-refractivity contribution >= 4 is 17.3 Å². The van der Waals surface area contributed by atoms with Crippen LogP contribution in [0.25, 0.3) is 0 Å². The molecule has 0 spiro atoms. The fourth-order valence-corrected chi connectivity index (χ4v) is 2.61. The summed E-state index contributed by atoms with van der Waals surface area (Å²) in [6.45, 7) is 2.32. The number of nitro groups is 1. The van der Waals surface area contributed by atoms with Gasteiger partial charge in [0, 0.05) is 11.6 Å². The maximum absolute atomic E-state index is 12.4. The third kappa shape index (κ3) is 2.16. The minimum atomic E-state index is -0.426. The number of rotatable bonds is 3. The van der Waals surface area contributed by atoms with Crippen molar-refractivity contribution in [1.29, 1.82) is 0 Å². The van der Waals surface area contributed by atoms with Crippen molar-refractivity contribution in [2.45, 2.75) is 19.9 Å². The van der Waals surface area contributed by atoms with E-state index >= 15 is 0 Å². The molecule has 0 saturated carbocycles. The van der Waals surface area contributed by atoms with Crippen molar-refractivity contribution in [2.75, 3.05) is 4.90 Å². The van der Waals surface area contributed by atoms with Crippen LogP contribution in [0.15, 0.2) is 42.5 Å². The van der Waals surface area contributed by atoms with Gasteiger partial charge in [-0.1, -0.05) is 31.2 Å². The molecule has 5 heteroatoms. The van der Waals surface area contributed by atoms with Crippen LogP contribution in [0.2, 0.25) is 0 Å². The molecule has 0 radical (unpaired) electrons. The smallest absolute Gasteiger partial charge is 0.293 e. The van der Waals surface area contributed by atoms with E-state index in [1.165, 1.54) is 4.90 Å². The van der Waals surface area contributed by atoms with E-state index < -0.39 is 4.92 Å². The van der Waals surface area contributed by atoms with Gasteiger partial charge in [-0.3, -0.25) is 19.8 Å². The summed E-state index contributed by atoms with van der Waals surface area (Å²) in [7, 11) is 0. The Kier molecular flexibility index (Phi) is 3.17. The van der Waals surface area contributed by atoms with Gasteiger partial charge in [0.15, 0.2) is 0 Å². The molecule has 0 atom stereocenters. The average molecular weight is 282 g/mol. The molecule has 3 rings (SSSR count). The Morgan fingerprint density at radius 3 is 2.67 bits per heavy atom. The molecule has 2 aromatic rings. The lowest BCUT2D eigenvalue weighted by Crippen LogP contribution is -2.24. The quantitative estimate of drug-likeness (QED) is 0.640. The zero-order chi connectivity index (χ0) is 15.0. The molecule has 0 aliphatic carbocycles. The van der Waals surface area contributed by atoms with Gasteiger partial charge in [-0.15, -0.1) is 0 Å². The van der Waals surface area contributed by atoms with Crippen LogP contribution in [0.5, 0.6) is 0 Å². The Morgan fingerprint density at radius 1 is 1.24 bits per heavy atom. The van der Waals surface area contributed by atoms with Crippen LogP contribution in [-0.4, -0.2) is 10.8 Å². The van der Waals surface area contributed by atoms with E-state index in [-0.39, 0.29) is 11.6 Å². The highest BCUT2D eigenvalue weighted by atomic mass is 16.6. The predicted molar refractivity (Wildman–Crippen MR) is 79.4 cm³/mol. The van der Waals surface area contributed by atoms with Gasteiger partial charge in [0.2, 0.25) is 0 Å². The van der Waals surface area contributed by atoms with Gasteiger partial charge in [0.25, 0.3) is 11.6 Å². The van der Waals surface area contributed by atoms with Crippen LogP contribution in [0, 0.1) is 10.1 Å². The minimum Gasteiger partial charge on any atom is -0.298 e. The van der Waals surface area contributed by atoms with Crippen molar-refractivity contribution in [3.05, 3.63) is 69.3 Å². The Labute approximate surface area is 122 Å². The monoisotopic (exact) mass is 282 g/mol. The molecule has 0 saturated heterocycles. The lowest BCUT2D eigenvalue weighted by atomic mass is 10.1. The van der Waals surface area contributed by atoms with Crippen LogP contribution >= 0.6 is 0 Å². The summed E-state index contributed by atoms with van der Waals surface area (Å²) >= 11 is 0. The molecule has 1 aliphatic heterocycles. The molecule has 0 unspecified atom stereocenters. The first-order valence-electron chi connectivity index (χ1n) is 6.79. The number of hydrogen-bond acceptors (Lipinski definition) is 3. The number of anilines is 1. The van der Waals surface area contributed by atoms with E-state index in [9.17, 15) is 14.9 Å². The van der Waals surface area contributed by atoms with Crippen LogP contribution in [0.3, 0.4) is 0 Å². The van der Waals surface area contributed by atoms with Crippen molar-refractivity contribution in [3.8, 4) is 0 Å². The second-order valence-corrected chi connectivity index (χ2v) is 4.98. The molecule has 0 fully saturated rings. The number of carbonyl (C=O) groups excluding carboxylic acids is 1. The minimum absolute atomic E-state index is 0.0180. The van der Waals surface area contributed by atoms with E-state index in [0.717, 1.165) is 17.5 Å². The lowest BCUT2D eigenvalue weighted by Gasteiger charge is -2.16. The summed E-state index contributed by atoms with van der Waals surface area (Å²) in [6, 6.07) is 12.3. The van der Waals surface area contributed by atoms with Gasteiger partial charge in [-0.2, -0.15) is 0 Å². The molecule has 106 valence electrons. The van der Waals surface area contributed by atoms with Crippen LogP contribution in [0.4, 0.5) is 11.4 Å². The van der Waals surface area contributed by atoms with Crippen LogP contribution in [0.1, 0.15) is 28.4 Å². The Bertz CT molecular complexity index is 740. The molecule has 21 heavy (non-hydrogen) atoms. The van der Waals surface area contributed by atoms with Crippen molar-refractivity contribution in [1.82, 2.24) is 0 Å². The zero-order valence-corrected chi connectivity index (χ0v) is 11.6. The third-order valence-corrected chi connectivity index (χ3v) is 3.76. The van der Waals surface area contributed by atoms with Gasteiger partial charge >= 0.3 is 0 Å². The third-order valence-electron chi connectivity index (χ3n) is 3.76. The topological polar surface area (TPSA) is 63.5 Å². The summed E-state index contributed by atoms with van der Waals surface area (Å²) in [5.74, 6) is -0.182. The average Bonchev–Trinajstić information content (AvgIpc) is 2.84. The highest BCUT2D eigenvalue weighted by Crippen LogP contribution is 2.35. The fraction of sp³-hybridized carbons (Fsp3) is 0.188. The van der Waals surface area contributed by atoms with Crippen molar-refractivity contribution in [2.24, 2.45) is 0 Å². The van der Waals surface area contributed by atoms with E-state index in [4.69, 9.17) is 0 Å². The highest BCUT2D eigenvalue weighted by Gasteiger charge is 2.32. The molecular weight excluding hydrogens is 268 g/mol. The Morgan fingerprint density at radius 2 is 2.00 bits per heavy atom. The first-order chi connectivity index (χ1) is 10.1. The summed E-state index contributed by atoms with van der Waals surface area (Å²) in [5.41, 5.74) is 2.74. The number of fused-ring (bicyclic) bond motifs is 1. The first kappa shape index (κ1) is 13.3. The molecule has 1 amide bonds. The van der Waals surface area contributed by atoms with Crippen molar-refractivity contribution < 1.29 is 9.72 Å². The first-order valence-corrected chi connectivity index (χ1v) is 6.79. The maximum atomic E-state index is 12.4. The Hall–Kier alpha value is -2.69. The number of nitro benzene ring substituents is 1. The lowest BCUT2D eigenvalue weighted by molar-refractivity contribution is -0.384. The summed E-state index contributed by atoms with van der Waals surface area (Å²) in [4.78, 5) is 24.8. The number of amides is 1. The molecule has 1 heterocycles. The van der Waals surface area contributed by atoms with E-state index in [0.29, 0.717) is 17.8 Å². The van der Waals surface area contributed by atoms with Gasteiger partial charge < -0.3 is 0 Å². The molecule has 5 nitrogen and oxygen atoms in total. The molecule has 0 N–H and O–H groups in total. The number of benzene rings is 2. The fourth-order valence-electron chi connectivity index (χ4n) is 2.61. The summed E-state index contributed by atoms with van der Waals surface area (Å²) < 4.78 is 0. The van der Waals surface area contributed by atoms with E-state index in [1.54, 1.807) is 24.3 Å². The van der Waals surface area contributed by atoms with Gasteiger partial charge in [0.05, 0.1) is 11.5 Å². The Balaban J connectivity index is 2.07. The maximum Gasteiger partial charge on any atom is 0.293 e. The normalized spacial score (nSPS) is 13.4. The number of hydrogen-bond donors (Lipinski definition) is 0. The second kappa shape index (κ2) is 5.01. The summed E-state index contributed by atoms with van der Waals surface area (Å²) in [6.07, 6.45) is 0.718. The van der Waals surface area contributed by atoms with Gasteiger partial charge in [-0.05, 0) is 29.7 Å². The van der Waals surface area contributed by atoms with Crippen LogP contribution < -0.4 is 4.90 Å². The summed E-state index contributed by atoms with van der Waals surface area (Å²) in [5, 5.41) is 11.3. The molecular formula is C16H14N2O3. The standard InChI is InChI=1S/C16H14N2O3/c1-2-11-7-8-14(15(9-11)18(20)21)17-10-12-5-3-4-6-13(12)16(17)19/h3-9H,2,10H2,1H3. The second-order valence-electron chi connectivity index (χ2n) is 4.98. The van der Waals surface area contributed by atoms with E-state index in [1.807, 2.05) is 25.1 Å². The number of aryl methyl sites for hydroxylation is 1. The molecule has 1 aliphatic rings. The van der Waals surface area contributed by atoms with E-state index in [2.05, 4.69) is 0 Å². The zero-order valence-electron chi connectivity index (χ0n) is 11.6. The number of nitrogens with zero attached hydrogens (tertiary/aromatic N) is 2. The predicted octanol–water partition coefficient (Wildman–Crippen LogP) is 3.32. The van der Waals surface area contributed by atoms with Gasteiger partial charge in [0.1, 0.15) is 5.69 Å².